The highest BCUT2D eigenvalue weighted by molar-refractivity contribution is 7.99. The van der Waals surface area contributed by atoms with E-state index < -0.39 is 0 Å². The van der Waals surface area contributed by atoms with E-state index in [4.69, 9.17) is 11.6 Å². The Balaban J connectivity index is 1.90. The zero-order chi connectivity index (χ0) is 20.1. The van der Waals surface area contributed by atoms with E-state index >= 15 is 0 Å². The Bertz CT molecular complexity index is 936. The lowest BCUT2D eigenvalue weighted by Crippen LogP contribution is -2.28. The van der Waals surface area contributed by atoms with Crippen molar-refractivity contribution in [3.05, 3.63) is 59.1 Å². The molecule has 3 aromatic rings. The summed E-state index contributed by atoms with van der Waals surface area (Å²) in [5, 5.41) is 13.0. The normalized spacial score (nSPS) is 11.0. The summed E-state index contributed by atoms with van der Waals surface area (Å²) in [6, 6.07) is 15.6. The Morgan fingerprint density at radius 1 is 1.11 bits per heavy atom. The van der Waals surface area contributed by atoms with E-state index in [1.165, 1.54) is 17.3 Å². The van der Waals surface area contributed by atoms with Crippen LogP contribution in [0.2, 0.25) is 5.02 Å². The quantitative estimate of drug-likeness (QED) is 0.566. The molecule has 0 aliphatic rings. The molecule has 146 valence electrons. The zero-order valence-electron chi connectivity index (χ0n) is 16.1. The highest BCUT2D eigenvalue weighted by Crippen LogP contribution is 2.28. The van der Waals surface area contributed by atoms with Crippen molar-refractivity contribution in [2.24, 2.45) is 5.92 Å². The average Bonchev–Trinajstić information content (AvgIpc) is 3.10. The minimum atomic E-state index is -0.00907. The van der Waals surface area contributed by atoms with Gasteiger partial charge in [-0.05, 0) is 49.2 Å². The summed E-state index contributed by atoms with van der Waals surface area (Å²) in [5.74, 6) is 1.41. The molecule has 1 aromatic heterocycles. The molecule has 5 nitrogen and oxygen atoms in total. The Morgan fingerprint density at radius 2 is 1.79 bits per heavy atom. The molecule has 0 saturated carbocycles. The van der Waals surface area contributed by atoms with Crippen molar-refractivity contribution in [1.29, 1.82) is 0 Å². The maximum atomic E-state index is 12.1. The molecule has 0 bridgehead atoms. The van der Waals surface area contributed by atoms with Crippen molar-refractivity contribution in [3.63, 3.8) is 0 Å². The molecule has 0 saturated heterocycles. The number of rotatable bonds is 7. The van der Waals surface area contributed by atoms with Crippen LogP contribution in [0.3, 0.4) is 0 Å². The molecular weight excluding hydrogens is 392 g/mol. The Labute approximate surface area is 174 Å². The molecular formula is C21H23ClN4OS. The van der Waals surface area contributed by atoms with E-state index in [1.54, 1.807) is 0 Å². The molecule has 0 aliphatic carbocycles. The lowest BCUT2D eigenvalue weighted by atomic mass is 10.2. The number of aromatic nitrogens is 3. The van der Waals surface area contributed by atoms with Gasteiger partial charge in [-0.25, -0.2) is 0 Å². The Kier molecular flexibility index (Phi) is 6.75. The second kappa shape index (κ2) is 9.26. The first kappa shape index (κ1) is 20.4. The van der Waals surface area contributed by atoms with E-state index in [-0.39, 0.29) is 11.7 Å². The summed E-state index contributed by atoms with van der Waals surface area (Å²) in [5.41, 5.74) is 3.03. The number of nitrogens with zero attached hydrogens (tertiary/aromatic N) is 3. The lowest BCUT2D eigenvalue weighted by molar-refractivity contribution is -0.118. The van der Waals surface area contributed by atoms with Crippen LogP contribution >= 0.6 is 23.4 Å². The summed E-state index contributed by atoms with van der Waals surface area (Å²) in [6.45, 7) is 6.85. The molecule has 28 heavy (non-hydrogen) atoms. The number of hydrogen-bond acceptors (Lipinski definition) is 4. The molecule has 1 N–H and O–H groups in total. The topological polar surface area (TPSA) is 59.8 Å². The van der Waals surface area contributed by atoms with Gasteiger partial charge in [0.2, 0.25) is 5.91 Å². The fourth-order valence-corrected chi connectivity index (χ4v) is 3.48. The fraction of sp³-hybridized carbons (Fsp3) is 0.286. The first-order valence-electron chi connectivity index (χ1n) is 9.12. The number of thioether (sulfide) groups is 1. The molecule has 0 aliphatic heterocycles. The van der Waals surface area contributed by atoms with Gasteiger partial charge >= 0.3 is 0 Å². The molecule has 1 amide bonds. The SMILES string of the molecule is Cc1ccc(-n2c(SCC(=O)NCC(C)C)nnc2-c2ccc(Cl)cc2)cc1. The van der Waals surface area contributed by atoms with E-state index in [0.717, 1.165) is 11.3 Å². The van der Waals surface area contributed by atoms with Gasteiger partial charge in [-0.1, -0.05) is 54.9 Å². The standard InChI is InChI=1S/C21H23ClN4OS/c1-14(2)12-23-19(27)13-28-21-25-24-20(16-6-8-17(22)9-7-16)26(21)18-10-4-15(3)5-11-18/h4-11,14H,12-13H2,1-3H3,(H,23,27). The highest BCUT2D eigenvalue weighted by Gasteiger charge is 2.17. The van der Waals surface area contributed by atoms with Gasteiger partial charge in [0, 0.05) is 22.8 Å². The number of aryl methyl sites for hydroxylation is 1. The Hall–Kier alpha value is -2.31. The van der Waals surface area contributed by atoms with Gasteiger partial charge in [0.25, 0.3) is 0 Å². The first-order chi connectivity index (χ1) is 13.4. The van der Waals surface area contributed by atoms with Gasteiger partial charge in [-0.2, -0.15) is 0 Å². The van der Waals surface area contributed by atoms with Crippen LogP contribution in [-0.2, 0) is 4.79 Å². The molecule has 0 atom stereocenters. The monoisotopic (exact) mass is 414 g/mol. The predicted molar refractivity (Wildman–Crippen MR) is 115 cm³/mol. The molecule has 0 fully saturated rings. The molecule has 1 heterocycles. The minimum absolute atomic E-state index is 0.00907. The summed E-state index contributed by atoms with van der Waals surface area (Å²) in [6.07, 6.45) is 0. The van der Waals surface area contributed by atoms with Crippen molar-refractivity contribution in [3.8, 4) is 17.1 Å². The number of carbonyl (C=O) groups excluding carboxylic acids is 1. The molecule has 0 unspecified atom stereocenters. The molecule has 0 radical (unpaired) electrons. The van der Waals surface area contributed by atoms with E-state index in [0.29, 0.717) is 28.5 Å². The zero-order valence-corrected chi connectivity index (χ0v) is 17.7. The molecule has 7 heteroatoms. The molecule has 3 rings (SSSR count). The number of nitrogens with one attached hydrogen (secondary N) is 1. The van der Waals surface area contributed by atoms with Crippen molar-refractivity contribution in [1.82, 2.24) is 20.1 Å². The second-order valence-electron chi connectivity index (χ2n) is 6.97. The number of amides is 1. The molecule has 2 aromatic carbocycles. The van der Waals surface area contributed by atoms with Crippen LogP contribution in [0.25, 0.3) is 17.1 Å². The number of halogens is 1. The largest absolute Gasteiger partial charge is 0.355 e. The Morgan fingerprint density at radius 3 is 2.43 bits per heavy atom. The predicted octanol–water partition coefficient (Wildman–Crippen LogP) is 4.76. The third-order valence-corrected chi connectivity index (χ3v) is 5.25. The van der Waals surface area contributed by atoms with Gasteiger partial charge < -0.3 is 5.32 Å². The van der Waals surface area contributed by atoms with Gasteiger partial charge in [0.15, 0.2) is 11.0 Å². The van der Waals surface area contributed by atoms with Crippen molar-refractivity contribution in [2.45, 2.75) is 25.9 Å². The first-order valence-corrected chi connectivity index (χ1v) is 10.5. The third kappa shape index (κ3) is 5.14. The summed E-state index contributed by atoms with van der Waals surface area (Å²) < 4.78 is 1.98. The van der Waals surface area contributed by atoms with Crippen LogP contribution in [0.4, 0.5) is 0 Å². The van der Waals surface area contributed by atoms with Crippen LogP contribution in [0.15, 0.2) is 53.7 Å². The van der Waals surface area contributed by atoms with Gasteiger partial charge in [0.05, 0.1) is 5.75 Å². The van der Waals surface area contributed by atoms with Crippen LogP contribution < -0.4 is 5.32 Å². The van der Waals surface area contributed by atoms with Crippen molar-refractivity contribution in [2.75, 3.05) is 12.3 Å². The van der Waals surface area contributed by atoms with E-state index in [1.807, 2.05) is 60.0 Å². The van der Waals surface area contributed by atoms with Gasteiger partial charge in [0.1, 0.15) is 0 Å². The summed E-state index contributed by atoms with van der Waals surface area (Å²) in [7, 11) is 0. The summed E-state index contributed by atoms with van der Waals surface area (Å²) >= 11 is 7.40. The van der Waals surface area contributed by atoms with Gasteiger partial charge in [-0.15, -0.1) is 10.2 Å². The smallest absolute Gasteiger partial charge is 0.230 e. The minimum Gasteiger partial charge on any atom is -0.355 e. The number of hydrogen-bond donors (Lipinski definition) is 1. The van der Waals surface area contributed by atoms with E-state index in [9.17, 15) is 4.79 Å². The number of carbonyl (C=O) groups is 1. The van der Waals surface area contributed by atoms with Gasteiger partial charge in [-0.3, -0.25) is 9.36 Å². The van der Waals surface area contributed by atoms with Crippen molar-refractivity contribution >= 4 is 29.3 Å². The molecule has 0 spiro atoms. The van der Waals surface area contributed by atoms with Crippen LogP contribution in [-0.4, -0.2) is 33.0 Å². The maximum absolute atomic E-state index is 12.1. The van der Waals surface area contributed by atoms with E-state index in [2.05, 4.69) is 29.4 Å². The second-order valence-corrected chi connectivity index (χ2v) is 8.35. The number of benzene rings is 2. The highest BCUT2D eigenvalue weighted by atomic mass is 35.5. The summed E-state index contributed by atoms with van der Waals surface area (Å²) in [4.78, 5) is 12.1. The van der Waals surface area contributed by atoms with Crippen LogP contribution in [0.1, 0.15) is 19.4 Å². The fourth-order valence-electron chi connectivity index (χ4n) is 2.58. The van der Waals surface area contributed by atoms with Crippen LogP contribution in [0, 0.1) is 12.8 Å². The third-order valence-electron chi connectivity index (χ3n) is 4.07. The van der Waals surface area contributed by atoms with Crippen LogP contribution in [0.5, 0.6) is 0 Å². The average molecular weight is 415 g/mol. The maximum Gasteiger partial charge on any atom is 0.230 e. The van der Waals surface area contributed by atoms with Crippen molar-refractivity contribution < 1.29 is 4.79 Å². The lowest BCUT2D eigenvalue weighted by Gasteiger charge is -2.11.